The summed E-state index contributed by atoms with van der Waals surface area (Å²) in [5.74, 6) is 0.179. The van der Waals surface area contributed by atoms with E-state index in [1.165, 1.54) is 27.9 Å². The Morgan fingerprint density at radius 3 is 1.81 bits per heavy atom. The lowest BCUT2D eigenvalue weighted by molar-refractivity contribution is -0.120. The minimum atomic E-state index is -0.231. The van der Waals surface area contributed by atoms with Crippen LogP contribution in [0.2, 0.25) is 0 Å². The Kier molecular flexibility index (Phi) is 13.9. The van der Waals surface area contributed by atoms with E-state index in [1.54, 1.807) is 6.08 Å². The van der Waals surface area contributed by atoms with Gasteiger partial charge in [-0.3, -0.25) is 4.79 Å². The van der Waals surface area contributed by atoms with Gasteiger partial charge in [-0.2, -0.15) is 0 Å². The minimum absolute atomic E-state index is 0.000387. The van der Waals surface area contributed by atoms with Crippen LogP contribution in [0.15, 0.2) is 130 Å². The summed E-state index contributed by atoms with van der Waals surface area (Å²) >= 11 is 0. The predicted molar refractivity (Wildman–Crippen MR) is 188 cm³/mol. The molecule has 0 radical (unpaired) electrons. The van der Waals surface area contributed by atoms with Gasteiger partial charge in [0, 0.05) is 5.92 Å². The monoisotopic (exact) mass is 580 g/mol. The van der Waals surface area contributed by atoms with Gasteiger partial charge < -0.3 is 5.11 Å². The van der Waals surface area contributed by atoms with Crippen molar-refractivity contribution in [1.82, 2.24) is 0 Å². The van der Waals surface area contributed by atoms with Crippen molar-refractivity contribution in [3.63, 3.8) is 0 Å². The van der Waals surface area contributed by atoms with Crippen LogP contribution in [-0.2, 0) is 4.79 Å². The molecule has 2 heteroatoms. The summed E-state index contributed by atoms with van der Waals surface area (Å²) in [7, 11) is 0. The quantitative estimate of drug-likeness (QED) is 0.150. The maximum atomic E-state index is 12.9. The van der Waals surface area contributed by atoms with Crippen molar-refractivity contribution in [1.29, 1.82) is 0 Å². The first-order valence-corrected chi connectivity index (χ1v) is 15.8. The van der Waals surface area contributed by atoms with E-state index in [0.717, 1.165) is 36.8 Å². The van der Waals surface area contributed by atoms with Crippen LogP contribution >= 0.6 is 0 Å². The van der Waals surface area contributed by atoms with Crippen LogP contribution in [0.5, 0.6) is 0 Å². The topological polar surface area (TPSA) is 37.3 Å². The van der Waals surface area contributed by atoms with Gasteiger partial charge >= 0.3 is 0 Å². The van der Waals surface area contributed by atoms with E-state index >= 15 is 0 Å². The number of allylic oxidation sites excluding steroid dienone is 21. The van der Waals surface area contributed by atoms with Crippen LogP contribution < -0.4 is 0 Å². The molecule has 0 aromatic heterocycles. The Labute approximate surface area is 263 Å². The van der Waals surface area contributed by atoms with E-state index in [0.29, 0.717) is 0 Å². The van der Waals surface area contributed by atoms with Crippen molar-refractivity contribution in [2.45, 2.75) is 101 Å². The van der Waals surface area contributed by atoms with Crippen molar-refractivity contribution < 1.29 is 9.90 Å². The third-order valence-electron chi connectivity index (χ3n) is 8.54. The zero-order valence-corrected chi connectivity index (χ0v) is 28.5. The van der Waals surface area contributed by atoms with E-state index in [9.17, 15) is 9.90 Å². The molecule has 1 N–H and O–H groups in total. The predicted octanol–water partition coefficient (Wildman–Crippen LogP) is 11.0. The first-order chi connectivity index (χ1) is 20.1. The molecule has 2 aliphatic carbocycles. The maximum Gasteiger partial charge on any atom is 0.163 e. The second-order valence-corrected chi connectivity index (χ2v) is 13.9. The Bertz CT molecular complexity index is 1340. The number of hydrogen-bond acceptors (Lipinski definition) is 2. The molecular formula is C41H56O2. The number of aliphatic hydroxyl groups is 1. The molecule has 232 valence electrons. The molecule has 0 saturated heterocycles. The molecule has 0 aliphatic heterocycles. The van der Waals surface area contributed by atoms with Gasteiger partial charge in [0.1, 0.15) is 0 Å². The molecule has 2 rings (SSSR count). The molecular weight excluding hydrogens is 524 g/mol. The summed E-state index contributed by atoms with van der Waals surface area (Å²) in [5.41, 5.74) is 8.42. The summed E-state index contributed by atoms with van der Waals surface area (Å²) < 4.78 is 0. The van der Waals surface area contributed by atoms with Gasteiger partial charge in [-0.25, -0.2) is 0 Å². The molecule has 0 amide bonds. The van der Waals surface area contributed by atoms with Crippen molar-refractivity contribution in [2.24, 2.45) is 16.7 Å². The number of aliphatic hydroxyl groups excluding tert-OH is 1. The van der Waals surface area contributed by atoms with Gasteiger partial charge in [0.15, 0.2) is 5.78 Å². The fourth-order valence-corrected chi connectivity index (χ4v) is 6.20. The van der Waals surface area contributed by atoms with Crippen LogP contribution in [0.4, 0.5) is 0 Å². The second-order valence-electron chi connectivity index (χ2n) is 13.9. The summed E-state index contributed by atoms with van der Waals surface area (Å²) in [6, 6.07) is 0. The highest BCUT2D eigenvalue weighted by atomic mass is 16.3. The minimum Gasteiger partial charge on any atom is -0.393 e. The lowest BCUT2D eigenvalue weighted by Gasteiger charge is -2.36. The number of ketones is 1. The SMILES string of the molecule is CC1=CCCC(C)(C)C1C(=O)/C=C/C(C)=C/C=C/C(C)=C/C=C/C=C(C)/C=C/C=C(C)/C=C/C1=C(C)CC(O)CC1(C)C. The lowest BCUT2D eigenvalue weighted by atomic mass is 9.67. The van der Waals surface area contributed by atoms with Gasteiger partial charge in [0.2, 0.25) is 0 Å². The molecule has 0 bridgehead atoms. The van der Waals surface area contributed by atoms with Gasteiger partial charge in [0.25, 0.3) is 0 Å². The highest BCUT2D eigenvalue weighted by Crippen LogP contribution is 2.42. The van der Waals surface area contributed by atoms with Crippen molar-refractivity contribution in [3.8, 4) is 0 Å². The van der Waals surface area contributed by atoms with Gasteiger partial charge in [-0.05, 0) is 89.7 Å². The Morgan fingerprint density at radius 1 is 0.767 bits per heavy atom. The fraction of sp³-hybridized carbons (Fsp3) is 0.439. The van der Waals surface area contributed by atoms with Crippen LogP contribution in [0.25, 0.3) is 0 Å². The third kappa shape index (κ3) is 12.1. The first-order valence-electron chi connectivity index (χ1n) is 15.8. The molecule has 2 unspecified atom stereocenters. The van der Waals surface area contributed by atoms with Gasteiger partial charge in [0.05, 0.1) is 6.10 Å². The zero-order chi connectivity index (χ0) is 32.2. The summed E-state index contributed by atoms with van der Waals surface area (Å²) in [5, 5.41) is 10.1. The molecule has 0 aromatic carbocycles. The fourth-order valence-electron chi connectivity index (χ4n) is 6.20. The molecule has 0 spiro atoms. The van der Waals surface area contributed by atoms with E-state index in [4.69, 9.17) is 0 Å². The van der Waals surface area contributed by atoms with Crippen LogP contribution in [-0.4, -0.2) is 17.0 Å². The Morgan fingerprint density at radius 2 is 1.28 bits per heavy atom. The molecule has 2 atom stereocenters. The number of hydrogen-bond donors (Lipinski definition) is 1. The molecule has 0 aromatic rings. The zero-order valence-electron chi connectivity index (χ0n) is 28.5. The molecule has 0 saturated carbocycles. The van der Waals surface area contributed by atoms with E-state index in [-0.39, 0.29) is 28.6 Å². The Hall–Kier alpha value is -3.23. The number of carbonyl (C=O) groups is 1. The Balaban J connectivity index is 1.89. The molecule has 2 nitrogen and oxygen atoms in total. The second kappa shape index (κ2) is 16.6. The number of carbonyl (C=O) groups excluding carboxylic acids is 1. The summed E-state index contributed by atoms with van der Waals surface area (Å²) in [6.45, 7) is 21.4. The standard InChI is InChI=1S/C41H56O2/c1-30(18-13-20-32(3)23-25-37-35(6)28-36(42)29-41(37,9)10)16-11-12-17-31(2)19-14-21-33(4)24-26-38(43)39-34(5)22-15-27-40(39,7)8/h11-14,16-26,36,39,42H,15,27-29H2,1-10H3/b12-11+,18-13+,19-14+,25-23+,26-24+,30-16+,31-17+,32-20+,33-21+. The summed E-state index contributed by atoms with van der Waals surface area (Å²) in [4.78, 5) is 12.9. The van der Waals surface area contributed by atoms with Crippen molar-refractivity contribution in [2.75, 3.05) is 0 Å². The maximum absolute atomic E-state index is 12.9. The van der Waals surface area contributed by atoms with E-state index < -0.39 is 0 Å². The highest BCUT2D eigenvalue weighted by Gasteiger charge is 2.36. The van der Waals surface area contributed by atoms with Crippen LogP contribution in [0.3, 0.4) is 0 Å². The average Bonchev–Trinajstić information content (AvgIpc) is 2.88. The van der Waals surface area contributed by atoms with Crippen LogP contribution in [0, 0.1) is 16.7 Å². The van der Waals surface area contributed by atoms with Crippen molar-refractivity contribution in [3.05, 3.63) is 130 Å². The first kappa shape index (κ1) is 36.0. The van der Waals surface area contributed by atoms with E-state index in [1.807, 2.05) is 25.2 Å². The normalized spacial score (nSPS) is 24.4. The highest BCUT2D eigenvalue weighted by molar-refractivity contribution is 5.94. The smallest absolute Gasteiger partial charge is 0.163 e. The van der Waals surface area contributed by atoms with Gasteiger partial charge in [-0.1, -0.05) is 146 Å². The van der Waals surface area contributed by atoms with Crippen LogP contribution in [0.1, 0.15) is 94.9 Å². The molecule has 0 heterocycles. The molecule has 43 heavy (non-hydrogen) atoms. The number of rotatable bonds is 11. The molecule has 0 fully saturated rings. The van der Waals surface area contributed by atoms with Crippen molar-refractivity contribution >= 4 is 5.78 Å². The average molecular weight is 581 g/mol. The third-order valence-corrected chi connectivity index (χ3v) is 8.54. The van der Waals surface area contributed by atoms with E-state index in [2.05, 4.69) is 129 Å². The largest absolute Gasteiger partial charge is 0.393 e. The molecule has 2 aliphatic rings. The van der Waals surface area contributed by atoms with Gasteiger partial charge in [-0.15, -0.1) is 0 Å². The summed E-state index contributed by atoms with van der Waals surface area (Å²) in [6.07, 6.45) is 34.5. The lowest BCUT2D eigenvalue weighted by Crippen LogP contribution is -2.33.